The van der Waals surface area contributed by atoms with Crippen LogP contribution in [0.2, 0.25) is 0 Å². The molecular weight excluding hydrogens is 510 g/mol. The fraction of sp³-hybridized carbons (Fsp3) is 0.0500. The summed E-state index contributed by atoms with van der Waals surface area (Å²) in [7, 11) is 0. The highest BCUT2D eigenvalue weighted by molar-refractivity contribution is 6.32. The van der Waals surface area contributed by atoms with Gasteiger partial charge in [0.1, 0.15) is 11.2 Å². The van der Waals surface area contributed by atoms with Crippen LogP contribution in [-0.2, 0) is 0 Å². The molecule has 0 spiro atoms. The van der Waals surface area contributed by atoms with Gasteiger partial charge >= 0.3 is 0 Å². The molecule has 2 nitrogen and oxygen atoms in total. The molecular formula is C40H29NO. The summed E-state index contributed by atoms with van der Waals surface area (Å²) >= 11 is 0. The first-order valence-electron chi connectivity index (χ1n) is 14.7. The van der Waals surface area contributed by atoms with Crippen molar-refractivity contribution in [3.05, 3.63) is 133 Å². The third-order valence-corrected chi connectivity index (χ3v) is 8.40. The largest absolute Gasteiger partial charge is 0.456 e. The van der Waals surface area contributed by atoms with Crippen LogP contribution < -0.4 is 0 Å². The van der Waals surface area contributed by atoms with E-state index in [1.807, 2.05) is 26.0 Å². The van der Waals surface area contributed by atoms with E-state index < -0.39 is 0 Å². The number of nitrogens with one attached hydrogen (secondary N) is 1. The second-order valence-corrected chi connectivity index (χ2v) is 10.6. The molecule has 0 radical (unpaired) electrons. The fourth-order valence-electron chi connectivity index (χ4n) is 6.58. The van der Waals surface area contributed by atoms with Crippen molar-refractivity contribution in [2.24, 2.45) is 0 Å². The maximum Gasteiger partial charge on any atom is 0.135 e. The number of furan rings is 1. The highest BCUT2D eigenvalue weighted by atomic mass is 16.3. The molecule has 0 aliphatic carbocycles. The smallest absolute Gasteiger partial charge is 0.135 e. The number of aromatic amines is 1. The highest BCUT2D eigenvalue weighted by Gasteiger charge is 2.16. The van der Waals surface area contributed by atoms with E-state index in [-0.39, 0.29) is 0 Å². The van der Waals surface area contributed by atoms with Gasteiger partial charge in [0.2, 0.25) is 0 Å². The van der Waals surface area contributed by atoms with Crippen molar-refractivity contribution in [2.75, 3.05) is 0 Å². The first-order chi connectivity index (χ1) is 20.8. The van der Waals surface area contributed by atoms with Gasteiger partial charge in [0, 0.05) is 32.5 Å². The van der Waals surface area contributed by atoms with Gasteiger partial charge in [0.05, 0.1) is 11.0 Å². The highest BCUT2D eigenvalue weighted by Crippen LogP contribution is 2.42. The minimum absolute atomic E-state index is 0.920. The Labute approximate surface area is 243 Å². The van der Waals surface area contributed by atoms with E-state index >= 15 is 0 Å². The van der Waals surface area contributed by atoms with Gasteiger partial charge in [-0.1, -0.05) is 123 Å². The van der Waals surface area contributed by atoms with Gasteiger partial charge in [-0.2, -0.15) is 0 Å². The number of rotatable bonds is 2. The molecule has 0 aliphatic rings. The molecule has 0 unspecified atom stereocenters. The van der Waals surface area contributed by atoms with Gasteiger partial charge < -0.3 is 9.40 Å². The quantitative estimate of drug-likeness (QED) is 0.217. The van der Waals surface area contributed by atoms with Gasteiger partial charge in [-0.3, -0.25) is 0 Å². The van der Waals surface area contributed by atoms with E-state index in [0.717, 1.165) is 21.9 Å². The van der Waals surface area contributed by atoms with Gasteiger partial charge in [-0.25, -0.2) is 0 Å². The van der Waals surface area contributed by atoms with E-state index in [1.165, 1.54) is 65.6 Å². The summed E-state index contributed by atoms with van der Waals surface area (Å²) in [4.78, 5) is 3.87. The molecule has 9 aromatic rings. The molecule has 9 rings (SSSR count). The molecule has 0 saturated heterocycles. The predicted molar refractivity (Wildman–Crippen MR) is 180 cm³/mol. The van der Waals surface area contributed by atoms with Crippen LogP contribution in [0, 0.1) is 0 Å². The standard InChI is InChI=1S/C38H23NO.C2H6/c1-3-14-30-27(11-1)28-12-2-4-15-31(28)38-36(30)32-17-8-16-26(37(32)39-38)25-10-7-9-23(21-25)24-19-20-35-33(22-24)29-13-5-6-18-34(29)40-35;1-2/h1-22,39H;1-2H3. The van der Waals surface area contributed by atoms with E-state index in [2.05, 4.69) is 126 Å². The van der Waals surface area contributed by atoms with Crippen molar-refractivity contribution in [3.8, 4) is 22.3 Å². The zero-order valence-electron chi connectivity index (χ0n) is 23.6. The maximum absolute atomic E-state index is 6.07. The lowest BCUT2D eigenvalue weighted by atomic mass is 9.95. The second kappa shape index (κ2) is 9.64. The molecule has 0 saturated carbocycles. The Kier molecular flexibility index (Phi) is 5.61. The Morgan fingerprint density at radius 3 is 1.83 bits per heavy atom. The topological polar surface area (TPSA) is 28.9 Å². The summed E-state index contributed by atoms with van der Waals surface area (Å²) < 4.78 is 6.07. The summed E-state index contributed by atoms with van der Waals surface area (Å²) in [6.07, 6.45) is 0. The van der Waals surface area contributed by atoms with Crippen LogP contribution in [0.5, 0.6) is 0 Å². The summed E-state index contributed by atoms with van der Waals surface area (Å²) in [5.41, 5.74) is 8.99. The third-order valence-electron chi connectivity index (χ3n) is 8.40. The second-order valence-electron chi connectivity index (χ2n) is 10.6. The molecule has 0 atom stereocenters. The van der Waals surface area contributed by atoms with Crippen LogP contribution in [0.4, 0.5) is 0 Å². The number of hydrogen-bond acceptors (Lipinski definition) is 1. The van der Waals surface area contributed by atoms with Crippen LogP contribution in [0.25, 0.3) is 87.5 Å². The average molecular weight is 540 g/mol. The van der Waals surface area contributed by atoms with Crippen molar-refractivity contribution in [2.45, 2.75) is 13.8 Å². The van der Waals surface area contributed by atoms with Gasteiger partial charge in [-0.05, 0) is 57.1 Å². The molecule has 7 aromatic carbocycles. The third kappa shape index (κ3) is 3.59. The Hall–Kier alpha value is -5.34. The van der Waals surface area contributed by atoms with Crippen LogP contribution in [0.15, 0.2) is 138 Å². The number of para-hydroxylation sites is 2. The van der Waals surface area contributed by atoms with E-state index in [1.54, 1.807) is 0 Å². The van der Waals surface area contributed by atoms with E-state index in [9.17, 15) is 0 Å². The van der Waals surface area contributed by atoms with Crippen molar-refractivity contribution in [3.63, 3.8) is 0 Å². The van der Waals surface area contributed by atoms with E-state index in [0.29, 0.717) is 0 Å². The molecule has 1 N–H and O–H groups in total. The zero-order chi connectivity index (χ0) is 28.2. The normalized spacial score (nSPS) is 11.6. The van der Waals surface area contributed by atoms with Crippen molar-refractivity contribution >= 4 is 65.3 Å². The lowest BCUT2D eigenvalue weighted by Crippen LogP contribution is -1.83. The van der Waals surface area contributed by atoms with Crippen LogP contribution in [0.1, 0.15) is 13.8 Å². The van der Waals surface area contributed by atoms with Crippen molar-refractivity contribution in [1.82, 2.24) is 4.98 Å². The number of aromatic nitrogens is 1. The number of H-pyrrole nitrogens is 1. The van der Waals surface area contributed by atoms with Crippen LogP contribution in [-0.4, -0.2) is 4.98 Å². The van der Waals surface area contributed by atoms with Crippen LogP contribution >= 0.6 is 0 Å². The van der Waals surface area contributed by atoms with Gasteiger partial charge in [-0.15, -0.1) is 0 Å². The molecule has 0 fully saturated rings. The molecule has 0 amide bonds. The zero-order valence-corrected chi connectivity index (χ0v) is 23.6. The molecule has 0 aliphatic heterocycles. The Morgan fingerprint density at radius 1 is 0.405 bits per heavy atom. The minimum Gasteiger partial charge on any atom is -0.456 e. The first kappa shape index (κ1) is 24.5. The maximum atomic E-state index is 6.07. The number of hydrogen-bond donors (Lipinski definition) is 1. The van der Waals surface area contributed by atoms with E-state index in [4.69, 9.17) is 4.42 Å². The Bertz CT molecular complexity index is 2440. The molecule has 2 heteroatoms. The van der Waals surface area contributed by atoms with Crippen LogP contribution in [0.3, 0.4) is 0 Å². The molecule has 200 valence electrons. The Balaban J connectivity index is 0.00000131. The minimum atomic E-state index is 0.920. The number of benzene rings is 7. The van der Waals surface area contributed by atoms with Crippen molar-refractivity contribution < 1.29 is 4.42 Å². The average Bonchev–Trinajstić information content (AvgIpc) is 3.65. The summed E-state index contributed by atoms with van der Waals surface area (Å²) in [6.45, 7) is 4.00. The predicted octanol–water partition coefficient (Wildman–Crippen LogP) is 11.9. The molecule has 2 aromatic heterocycles. The molecule has 2 heterocycles. The summed E-state index contributed by atoms with van der Waals surface area (Å²) in [5, 5.41) is 9.96. The number of fused-ring (bicyclic) bond motifs is 11. The van der Waals surface area contributed by atoms with Gasteiger partial charge in [0.25, 0.3) is 0 Å². The molecule has 0 bridgehead atoms. The lowest BCUT2D eigenvalue weighted by molar-refractivity contribution is 0.669. The Morgan fingerprint density at radius 2 is 1.00 bits per heavy atom. The molecule has 42 heavy (non-hydrogen) atoms. The summed E-state index contributed by atoms with van der Waals surface area (Å²) in [6, 6.07) is 47.8. The lowest BCUT2D eigenvalue weighted by Gasteiger charge is -2.08. The first-order valence-corrected chi connectivity index (χ1v) is 14.7. The monoisotopic (exact) mass is 539 g/mol. The SMILES string of the molecule is CC.c1cc(-c2ccc3oc4ccccc4c3c2)cc(-c2cccc3c2[nH]c2c4ccccc4c4ccccc4c32)c1. The summed E-state index contributed by atoms with van der Waals surface area (Å²) in [5.74, 6) is 0. The van der Waals surface area contributed by atoms with Gasteiger partial charge in [0.15, 0.2) is 0 Å². The fourth-order valence-corrected chi connectivity index (χ4v) is 6.58. The van der Waals surface area contributed by atoms with Crippen molar-refractivity contribution in [1.29, 1.82) is 0 Å².